The van der Waals surface area contributed by atoms with Gasteiger partial charge >= 0.3 is 0 Å². The highest BCUT2D eigenvalue weighted by atomic mass is 35.5. The zero-order chi connectivity index (χ0) is 28.1. The molecule has 13 heteroatoms. The summed E-state index contributed by atoms with van der Waals surface area (Å²) in [5.41, 5.74) is 6.44. The summed E-state index contributed by atoms with van der Waals surface area (Å²) in [4.78, 5) is 26.4. The Labute approximate surface area is 235 Å². The van der Waals surface area contributed by atoms with Crippen LogP contribution in [0.2, 0.25) is 0 Å². The molecule has 2 amide bonds. The number of aliphatic hydroxyl groups is 1. The van der Waals surface area contributed by atoms with Crippen LogP contribution in [-0.4, -0.2) is 90.8 Å². The normalized spacial score (nSPS) is 21.6. The summed E-state index contributed by atoms with van der Waals surface area (Å²) in [5.74, 6) is -1.54. The zero-order valence-electron chi connectivity index (χ0n) is 22.0. The first-order valence-corrected chi connectivity index (χ1v) is 15.3. The van der Waals surface area contributed by atoms with E-state index in [0.717, 1.165) is 32.2 Å². The zero-order valence-corrected chi connectivity index (χ0v) is 24.3. The van der Waals surface area contributed by atoms with Gasteiger partial charge in [-0.15, -0.1) is 23.2 Å². The summed E-state index contributed by atoms with van der Waals surface area (Å²) in [6.45, 7) is 3.57. The smallest absolute Gasteiger partial charge is 0.243 e. The second kappa shape index (κ2) is 13.3. The molecule has 1 saturated carbocycles. The van der Waals surface area contributed by atoms with E-state index in [1.807, 2.05) is 7.05 Å². The molecule has 3 unspecified atom stereocenters. The minimum atomic E-state index is -3.76. The predicted molar refractivity (Wildman–Crippen MR) is 149 cm³/mol. The highest BCUT2D eigenvalue weighted by molar-refractivity contribution is 7.89. The molecule has 2 fully saturated rings. The Kier molecular flexibility index (Phi) is 10.8. The Balaban J connectivity index is 1.69. The Bertz CT molecular complexity index is 1100. The second-order valence-corrected chi connectivity index (χ2v) is 13.3. The number of alkyl halides is 2. The van der Waals surface area contributed by atoms with E-state index in [0.29, 0.717) is 38.0 Å². The van der Waals surface area contributed by atoms with Gasteiger partial charge in [-0.05, 0) is 63.4 Å². The van der Waals surface area contributed by atoms with E-state index in [-0.39, 0.29) is 16.5 Å². The number of likely N-dealkylation sites (N-methyl/N-ethyl adjacent to an activating group) is 1. The third-order valence-electron chi connectivity index (χ3n) is 7.43. The van der Waals surface area contributed by atoms with E-state index in [9.17, 15) is 23.1 Å². The molecule has 1 aromatic carbocycles. The highest BCUT2D eigenvalue weighted by Gasteiger charge is 2.51. The van der Waals surface area contributed by atoms with Gasteiger partial charge in [0.05, 0.1) is 11.4 Å². The molecule has 1 aliphatic carbocycles. The quantitative estimate of drug-likeness (QED) is 0.253. The standard InChI is InChI=1S/C25H39Cl2N5O5S/c1-17-9-10-19(15-20(17)38(36,37)32-12-6-11-31(2)13-14-32)30-21(33)16-29-24(35)25(27,22(26)23(28)34)18-7-4-3-5-8-18/h9-10,15,18,22-23,34H,3-8,11-14,16,28H2,1-2H3,(H,29,35)(H,30,33). The van der Waals surface area contributed by atoms with Crippen molar-refractivity contribution in [2.24, 2.45) is 11.7 Å². The van der Waals surface area contributed by atoms with Gasteiger partial charge in [0.1, 0.15) is 16.5 Å². The average Bonchev–Trinajstić information content (AvgIpc) is 3.12. The first kappa shape index (κ1) is 31.1. The molecule has 38 heavy (non-hydrogen) atoms. The van der Waals surface area contributed by atoms with Gasteiger partial charge in [-0.1, -0.05) is 25.3 Å². The topological polar surface area (TPSA) is 145 Å². The Morgan fingerprint density at radius 1 is 1.16 bits per heavy atom. The number of halogens is 2. The van der Waals surface area contributed by atoms with Crippen molar-refractivity contribution in [3.63, 3.8) is 0 Å². The lowest BCUT2D eigenvalue weighted by atomic mass is 9.76. The number of anilines is 1. The fourth-order valence-electron chi connectivity index (χ4n) is 5.17. The maximum atomic E-state index is 13.4. The number of hydrogen-bond acceptors (Lipinski definition) is 7. The number of nitrogens with two attached hydrogens (primary N) is 1. The van der Waals surface area contributed by atoms with Crippen molar-refractivity contribution in [2.45, 2.75) is 66.8 Å². The maximum Gasteiger partial charge on any atom is 0.243 e. The van der Waals surface area contributed by atoms with Crippen molar-refractivity contribution in [3.8, 4) is 0 Å². The first-order valence-electron chi connectivity index (χ1n) is 13.0. The van der Waals surface area contributed by atoms with Crippen molar-refractivity contribution in [1.29, 1.82) is 0 Å². The Morgan fingerprint density at radius 3 is 2.50 bits per heavy atom. The van der Waals surface area contributed by atoms with Gasteiger partial charge in [0.2, 0.25) is 21.8 Å². The van der Waals surface area contributed by atoms with Crippen LogP contribution in [-0.2, 0) is 19.6 Å². The SMILES string of the molecule is Cc1ccc(NC(=O)CNC(=O)C(Cl)(C2CCCCC2)C(Cl)C(N)O)cc1S(=O)(=O)N1CCCN(C)CC1. The van der Waals surface area contributed by atoms with Crippen molar-refractivity contribution in [1.82, 2.24) is 14.5 Å². The number of nitrogens with one attached hydrogen (secondary N) is 2. The number of sulfonamides is 1. The summed E-state index contributed by atoms with van der Waals surface area (Å²) in [7, 11) is -1.79. The van der Waals surface area contributed by atoms with E-state index >= 15 is 0 Å². The van der Waals surface area contributed by atoms with Crippen LogP contribution in [0, 0.1) is 12.8 Å². The molecule has 3 rings (SSSR count). The van der Waals surface area contributed by atoms with Crippen LogP contribution in [0.4, 0.5) is 5.69 Å². The predicted octanol–water partition coefficient (Wildman–Crippen LogP) is 1.82. The van der Waals surface area contributed by atoms with E-state index in [1.54, 1.807) is 19.1 Å². The lowest BCUT2D eigenvalue weighted by Crippen LogP contribution is -2.59. The number of nitrogens with zero attached hydrogens (tertiary/aromatic N) is 2. The van der Waals surface area contributed by atoms with Crippen molar-refractivity contribution >= 4 is 50.7 Å². The number of benzene rings is 1. The molecule has 2 aliphatic rings. The molecule has 0 aromatic heterocycles. The van der Waals surface area contributed by atoms with Crippen molar-refractivity contribution < 1.29 is 23.1 Å². The highest BCUT2D eigenvalue weighted by Crippen LogP contribution is 2.42. The average molecular weight is 593 g/mol. The third kappa shape index (κ3) is 7.18. The summed E-state index contributed by atoms with van der Waals surface area (Å²) in [6, 6.07) is 4.68. The molecule has 3 atom stereocenters. The number of aryl methyl sites for hydroxylation is 1. The Morgan fingerprint density at radius 2 is 1.84 bits per heavy atom. The third-order valence-corrected chi connectivity index (χ3v) is 10.9. The van der Waals surface area contributed by atoms with Gasteiger partial charge in [-0.25, -0.2) is 8.42 Å². The second-order valence-electron chi connectivity index (χ2n) is 10.3. The fraction of sp³-hybridized carbons (Fsp3) is 0.680. The molecule has 0 radical (unpaired) electrons. The molecular weight excluding hydrogens is 553 g/mol. The molecular formula is C25H39Cl2N5O5S. The minimum Gasteiger partial charge on any atom is -0.377 e. The van der Waals surface area contributed by atoms with Gasteiger partial charge in [0, 0.05) is 25.3 Å². The molecule has 214 valence electrons. The van der Waals surface area contributed by atoms with Gasteiger partial charge < -0.3 is 26.4 Å². The van der Waals surface area contributed by atoms with Crippen LogP contribution in [0.15, 0.2) is 23.1 Å². The van der Waals surface area contributed by atoms with E-state index in [4.69, 9.17) is 28.9 Å². The van der Waals surface area contributed by atoms with Crippen molar-refractivity contribution in [2.75, 3.05) is 45.1 Å². The number of carbonyl (C=O) groups excluding carboxylic acids is 2. The monoisotopic (exact) mass is 591 g/mol. The van der Waals surface area contributed by atoms with Crippen LogP contribution in [0.5, 0.6) is 0 Å². The van der Waals surface area contributed by atoms with Gasteiger partial charge in [-0.3, -0.25) is 9.59 Å². The number of carbonyl (C=O) groups is 2. The number of aliphatic hydroxyl groups excluding tert-OH is 1. The number of amides is 2. The van der Waals surface area contributed by atoms with Crippen LogP contribution < -0.4 is 16.4 Å². The molecule has 1 heterocycles. The van der Waals surface area contributed by atoms with Crippen LogP contribution in [0.3, 0.4) is 0 Å². The minimum absolute atomic E-state index is 0.128. The van der Waals surface area contributed by atoms with Crippen molar-refractivity contribution in [3.05, 3.63) is 23.8 Å². The fourth-order valence-corrected chi connectivity index (χ4v) is 7.58. The Hall–Kier alpha value is -1.47. The molecule has 5 N–H and O–H groups in total. The summed E-state index contributed by atoms with van der Waals surface area (Å²) < 4.78 is 28.2. The lowest BCUT2D eigenvalue weighted by Gasteiger charge is -2.40. The molecule has 1 saturated heterocycles. The van der Waals surface area contributed by atoms with Crippen LogP contribution >= 0.6 is 23.2 Å². The van der Waals surface area contributed by atoms with Gasteiger partial charge in [0.15, 0.2) is 0 Å². The van der Waals surface area contributed by atoms with Crippen LogP contribution in [0.25, 0.3) is 0 Å². The molecule has 0 bridgehead atoms. The largest absolute Gasteiger partial charge is 0.377 e. The van der Waals surface area contributed by atoms with Gasteiger partial charge in [0.25, 0.3) is 0 Å². The summed E-state index contributed by atoms with van der Waals surface area (Å²) in [6.07, 6.45) is 3.31. The van der Waals surface area contributed by atoms with E-state index < -0.39 is 44.9 Å². The molecule has 10 nitrogen and oxygen atoms in total. The maximum absolute atomic E-state index is 13.4. The summed E-state index contributed by atoms with van der Waals surface area (Å²) in [5, 5.41) is 13.8. The number of hydrogen-bond donors (Lipinski definition) is 4. The van der Waals surface area contributed by atoms with Gasteiger partial charge in [-0.2, -0.15) is 4.31 Å². The lowest BCUT2D eigenvalue weighted by molar-refractivity contribution is -0.128. The number of rotatable bonds is 9. The summed E-state index contributed by atoms with van der Waals surface area (Å²) >= 11 is 13.1. The molecule has 0 spiro atoms. The molecule has 1 aliphatic heterocycles. The molecule has 1 aromatic rings. The van der Waals surface area contributed by atoms with Crippen LogP contribution in [0.1, 0.15) is 44.1 Å². The van der Waals surface area contributed by atoms with E-state index in [1.165, 1.54) is 10.4 Å². The first-order chi connectivity index (χ1) is 17.9. The van der Waals surface area contributed by atoms with E-state index in [2.05, 4.69) is 15.5 Å².